The molecule has 0 saturated carbocycles. The Bertz CT molecular complexity index is 157. The van der Waals surface area contributed by atoms with Gasteiger partial charge in [-0.25, -0.2) is 0 Å². The van der Waals surface area contributed by atoms with Gasteiger partial charge in [0.25, 0.3) is 0 Å². The van der Waals surface area contributed by atoms with E-state index in [9.17, 15) is 4.79 Å². The number of hydrogen-bond donors (Lipinski definition) is 0. The van der Waals surface area contributed by atoms with Gasteiger partial charge < -0.3 is 18.9 Å². The average molecular weight is 264 g/mol. The molecule has 5 heteroatoms. The molecular formula is C13H28O5. The third-order valence-corrected chi connectivity index (χ3v) is 1.81. The minimum atomic E-state index is -0.246. The standard InChI is InChI=1S/C8H16O3.C5H12O2/c1-3-4-5-10-6-7-11-8(2)9;1-3-7-5-4-6-2/h3-7H2,1-2H3;3-5H2,1-2H3. The second-order valence-electron chi connectivity index (χ2n) is 3.50. The van der Waals surface area contributed by atoms with Crippen LogP contribution in [-0.4, -0.2) is 52.7 Å². The molecule has 0 aliphatic heterocycles. The summed E-state index contributed by atoms with van der Waals surface area (Å²) in [5, 5.41) is 0. The van der Waals surface area contributed by atoms with Crippen LogP contribution in [0, 0.1) is 0 Å². The highest BCUT2D eigenvalue weighted by molar-refractivity contribution is 5.65. The predicted octanol–water partition coefficient (Wildman–Crippen LogP) is 2.04. The van der Waals surface area contributed by atoms with E-state index >= 15 is 0 Å². The number of hydrogen-bond acceptors (Lipinski definition) is 5. The van der Waals surface area contributed by atoms with Crippen LogP contribution < -0.4 is 0 Å². The molecule has 0 heterocycles. The summed E-state index contributed by atoms with van der Waals surface area (Å²) >= 11 is 0. The van der Waals surface area contributed by atoms with Crippen molar-refractivity contribution < 1.29 is 23.7 Å². The number of unbranched alkanes of at least 4 members (excludes halogenated alkanes) is 1. The molecule has 0 aliphatic rings. The van der Waals surface area contributed by atoms with Crippen LogP contribution >= 0.6 is 0 Å². The van der Waals surface area contributed by atoms with E-state index in [0.29, 0.717) is 26.4 Å². The Kier molecular flexibility index (Phi) is 20.5. The van der Waals surface area contributed by atoms with Crippen molar-refractivity contribution >= 4 is 5.97 Å². The van der Waals surface area contributed by atoms with Crippen molar-refractivity contribution in [2.24, 2.45) is 0 Å². The summed E-state index contributed by atoms with van der Waals surface area (Å²) in [5.74, 6) is -0.246. The maximum atomic E-state index is 10.3. The fraction of sp³-hybridized carbons (Fsp3) is 0.923. The summed E-state index contributed by atoms with van der Waals surface area (Å²) in [5.41, 5.74) is 0. The Morgan fingerprint density at radius 1 is 0.944 bits per heavy atom. The van der Waals surface area contributed by atoms with Gasteiger partial charge in [-0.2, -0.15) is 0 Å². The van der Waals surface area contributed by atoms with Crippen molar-refractivity contribution in [2.75, 3.05) is 46.8 Å². The lowest BCUT2D eigenvalue weighted by Crippen LogP contribution is -2.07. The summed E-state index contributed by atoms with van der Waals surface area (Å²) in [6, 6.07) is 0. The first kappa shape index (κ1) is 19.7. The molecule has 0 aromatic rings. The third-order valence-electron chi connectivity index (χ3n) is 1.81. The van der Waals surface area contributed by atoms with E-state index in [1.807, 2.05) is 6.92 Å². The lowest BCUT2D eigenvalue weighted by molar-refractivity contribution is -0.142. The molecule has 0 spiro atoms. The molecule has 0 aromatic heterocycles. The van der Waals surface area contributed by atoms with E-state index in [1.165, 1.54) is 6.92 Å². The lowest BCUT2D eigenvalue weighted by atomic mass is 10.4. The summed E-state index contributed by atoms with van der Waals surface area (Å²) in [6.45, 7) is 9.32. The second-order valence-corrected chi connectivity index (χ2v) is 3.50. The van der Waals surface area contributed by atoms with Gasteiger partial charge in [0.1, 0.15) is 6.61 Å². The van der Waals surface area contributed by atoms with Gasteiger partial charge in [-0.1, -0.05) is 13.3 Å². The van der Waals surface area contributed by atoms with Gasteiger partial charge in [-0.15, -0.1) is 0 Å². The Hall–Kier alpha value is -0.650. The zero-order valence-corrected chi connectivity index (χ0v) is 12.2. The van der Waals surface area contributed by atoms with Gasteiger partial charge in [-0.3, -0.25) is 4.79 Å². The first-order valence-electron chi connectivity index (χ1n) is 6.46. The van der Waals surface area contributed by atoms with Crippen molar-refractivity contribution in [2.45, 2.75) is 33.6 Å². The van der Waals surface area contributed by atoms with Gasteiger partial charge in [0.15, 0.2) is 0 Å². The van der Waals surface area contributed by atoms with Crippen molar-refractivity contribution in [3.63, 3.8) is 0 Å². The normalized spacial score (nSPS) is 9.56. The zero-order valence-electron chi connectivity index (χ0n) is 12.2. The molecule has 0 aromatic carbocycles. The maximum absolute atomic E-state index is 10.3. The van der Waals surface area contributed by atoms with Crippen molar-refractivity contribution in [1.82, 2.24) is 0 Å². The third kappa shape index (κ3) is 24.5. The summed E-state index contributed by atoms with van der Waals surface area (Å²) in [4.78, 5) is 10.3. The highest BCUT2D eigenvalue weighted by atomic mass is 16.6. The van der Waals surface area contributed by atoms with E-state index in [1.54, 1.807) is 7.11 Å². The number of esters is 1. The molecular weight excluding hydrogens is 236 g/mol. The van der Waals surface area contributed by atoms with Gasteiger partial charge >= 0.3 is 5.97 Å². The van der Waals surface area contributed by atoms with Gasteiger partial charge in [0, 0.05) is 27.2 Å². The molecule has 0 fully saturated rings. The molecule has 5 nitrogen and oxygen atoms in total. The van der Waals surface area contributed by atoms with Gasteiger partial charge in [-0.05, 0) is 13.3 Å². The van der Waals surface area contributed by atoms with E-state index in [2.05, 4.69) is 11.7 Å². The molecule has 0 rings (SSSR count). The quantitative estimate of drug-likeness (QED) is 0.446. The van der Waals surface area contributed by atoms with Crippen LogP contribution in [0.2, 0.25) is 0 Å². The molecule has 0 N–H and O–H groups in total. The molecule has 0 unspecified atom stereocenters. The summed E-state index contributed by atoms with van der Waals surface area (Å²) in [6.07, 6.45) is 2.20. The fourth-order valence-electron chi connectivity index (χ4n) is 0.879. The minimum absolute atomic E-state index is 0.246. The van der Waals surface area contributed by atoms with E-state index in [4.69, 9.17) is 14.2 Å². The molecule has 0 atom stereocenters. The molecule has 0 saturated heterocycles. The number of carbonyl (C=O) groups excluding carboxylic acids is 1. The SMILES string of the molecule is CCCCOCCOC(C)=O.CCOCCOC. The van der Waals surface area contributed by atoms with Crippen LogP contribution in [0.25, 0.3) is 0 Å². The van der Waals surface area contributed by atoms with Crippen LogP contribution in [0.15, 0.2) is 0 Å². The van der Waals surface area contributed by atoms with E-state index in [0.717, 1.165) is 26.1 Å². The van der Waals surface area contributed by atoms with Crippen LogP contribution in [0.1, 0.15) is 33.6 Å². The Morgan fingerprint density at radius 3 is 2.11 bits per heavy atom. The molecule has 0 aliphatic carbocycles. The van der Waals surface area contributed by atoms with Crippen LogP contribution in [0.4, 0.5) is 0 Å². The van der Waals surface area contributed by atoms with Gasteiger partial charge in [0.05, 0.1) is 19.8 Å². The average Bonchev–Trinajstić information content (AvgIpc) is 2.35. The number of rotatable bonds is 10. The minimum Gasteiger partial charge on any atom is -0.463 e. The molecule has 0 bridgehead atoms. The Morgan fingerprint density at radius 2 is 1.61 bits per heavy atom. The summed E-state index contributed by atoms with van der Waals surface area (Å²) in [7, 11) is 1.67. The Labute approximate surface area is 111 Å². The monoisotopic (exact) mass is 264 g/mol. The zero-order chi connectivity index (χ0) is 14.1. The number of methoxy groups -OCH3 is 1. The molecule has 0 amide bonds. The first-order valence-corrected chi connectivity index (χ1v) is 6.46. The van der Waals surface area contributed by atoms with Crippen LogP contribution in [0.3, 0.4) is 0 Å². The second kappa shape index (κ2) is 18.7. The molecule has 0 radical (unpaired) electrons. The number of ether oxygens (including phenoxy) is 4. The van der Waals surface area contributed by atoms with Crippen molar-refractivity contribution in [1.29, 1.82) is 0 Å². The predicted molar refractivity (Wildman–Crippen MR) is 70.7 cm³/mol. The highest BCUT2D eigenvalue weighted by Gasteiger charge is 1.91. The van der Waals surface area contributed by atoms with Gasteiger partial charge in [0.2, 0.25) is 0 Å². The number of carbonyl (C=O) groups is 1. The Balaban J connectivity index is 0. The van der Waals surface area contributed by atoms with Crippen LogP contribution in [-0.2, 0) is 23.7 Å². The first-order chi connectivity index (χ1) is 8.68. The summed E-state index contributed by atoms with van der Waals surface area (Å²) < 4.78 is 19.5. The fourth-order valence-corrected chi connectivity index (χ4v) is 0.879. The highest BCUT2D eigenvalue weighted by Crippen LogP contribution is 1.87. The maximum Gasteiger partial charge on any atom is 0.302 e. The van der Waals surface area contributed by atoms with E-state index in [-0.39, 0.29) is 5.97 Å². The van der Waals surface area contributed by atoms with Crippen molar-refractivity contribution in [3.05, 3.63) is 0 Å². The van der Waals surface area contributed by atoms with E-state index < -0.39 is 0 Å². The topological polar surface area (TPSA) is 54.0 Å². The largest absolute Gasteiger partial charge is 0.463 e. The lowest BCUT2D eigenvalue weighted by Gasteiger charge is -2.02. The van der Waals surface area contributed by atoms with Crippen LogP contribution in [0.5, 0.6) is 0 Å². The smallest absolute Gasteiger partial charge is 0.302 e. The molecule has 110 valence electrons. The molecule has 18 heavy (non-hydrogen) atoms. The van der Waals surface area contributed by atoms with Crippen molar-refractivity contribution in [3.8, 4) is 0 Å².